The van der Waals surface area contributed by atoms with E-state index in [0.29, 0.717) is 17.4 Å². The molecule has 0 aromatic heterocycles. The van der Waals surface area contributed by atoms with E-state index in [-0.39, 0.29) is 18.9 Å². The zero-order valence-corrected chi connectivity index (χ0v) is 58.3. The molecule has 3 unspecified atom stereocenters. The van der Waals surface area contributed by atoms with E-state index in [9.17, 15) is 19.4 Å². The first-order chi connectivity index (χ1) is 43.0. The molecule has 0 aromatic carbocycles. The molecule has 8 nitrogen and oxygen atoms in total. The highest BCUT2D eigenvalue weighted by Gasteiger charge is 2.23. The van der Waals surface area contributed by atoms with Gasteiger partial charge in [-0.3, -0.25) is 9.36 Å². The van der Waals surface area contributed by atoms with Gasteiger partial charge in [0.05, 0.1) is 39.9 Å². The number of carbonyl (C=O) groups excluding carboxylic acids is 1. The first-order valence-corrected chi connectivity index (χ1v) is 37.3. The van der Waals surface area contributed by atoms with Crippen LogP contribution in [0.15, 0.2) is 158 Å². The third kappa shape index (κ3) is 69.6. The van der Waals surface area contributed by atoms with E-state index in [2.05, 4.69) is 165 Å². The summed E-state index contributed by atoms with van der Waals surface area (Å²) in [7, 11) is 1.20. The van der Waals surface area contributed by atoms with Crippen molar-refractivity contribution in [1.82, 2.24) is 5.32 Å². The lowest BCUT2D eigenvalue weighted by Gasteiger charge is -2.29. The zero-order valence-electron chi connectivity index (χ0n) is 57.4. The number of carbonyl (C=O) groups is 1. The molecule has 0 aliphatic heterocycles. The van der Waals surface area contributed by atoms with Gasteiger partial charge < -0.3 is 28.8 Å². The molecule has 3 atom stereocenters. The minimum absolute atomic E-state index is 0.0216. The van der Waals surface area contributed by atoms with Crippen LogP contribution in [0.4, 0.5) is 0 Å². The summed E-state index contributed by atoms with van der Waals surface area (Å²) in [6, 6.07) is -0.936. The van der Waals surface area contributed by atoms with Crippen LogP contribution in [0.25, 0.3) is 0 Å². The predicted octanol–water partition coefficient (Wildman–Crippen LogP) is 22.7. The third-order valence-corrected chi connectivity index (χ3v) is 16.2. The minimum Gasteiger partial charge on any atom is -0.756 e. The van der Waals surface area contributed by atoms with Gasteiger partial charge in [-0.1, -0.05) is 320 Å². The topological polar surface area (TPSA) is 108 Å². The molecule has 9 heteroatoms. The molecule has 0 aliphatic rings. The highest BCUT2D eigenvalue weighted by atomic mass is 31.2. The van der Waals surface area contributed by atoms with Crippen LogP contribution in [0.3, 0.4) is 0 Å². The van der Waals surface area contributed by atoms with Crippen LogP contribution in [0.2, 0.25) is 0 Å². The van der Waals surface area contributed by atoms with Crippen molar-refractivity contribution in [2.45, 2.75) is 296 Å². The van der Waals surface area contributed by atoms with Gasteiger partial charge in [-0.05, 0) is 116 Å². The molecule has 0 spiro atoms. The lowest BCUT2D eigenvalue weighted by atomic mass is 10.0. The maximum Gasteiger partial charge on any atom is 0.268 e. The number of hydrogen-bond donors (Lipinski definition) is 2. The number of aliphatic hydroxyl groups is 1. The van der Waals surface area contributed by atoms with Crippen LogP contribution in [0, 0.1) is 0 Å². The molecule has 0 fully saturated rings. The molecule has 0 aliphatic carbocycles. The Morgan fingerprint density at radius 3 is 1.06 bits per heavy atom. The number of aliphatic hydroxyl groups excluding tert-OH is 1. The van der Waals surface area contributed by atoms with Crippen molar-refractivity contribution in [3.05, 3.63) is 158 Å². The Bertz CT molecular complexity index is 1990. The summed E-state index contributed by atoms with van der Waals surface area (Å²) in [5.74, 6) is -0.243. The molecular weight excluding hydrogens is 1100 g/mol. The Morgan fingerprint density at radius 2 is 0.705 bits per heavy atom. The van der Waals surface area contributed by atoms with Gasteiger partial charge >= 0.3 is 0 Å². The van der Waals surface area contributed by atoms with E-state index in [1.807, 2.05) is 27.2 Å². The van der Waals surface area contributed by atoms with Crippen LogP contribution in [-0.4, -0.2) is 68.5 Å². The third-order valence-electron chi connectivity index (χ3n) is 15.2. The van der Waals surface area contributed by atoms with E-state index >= 15 is 0 Å². The van der Waals surface area contributed by atoms with Gasteiger partial charge in [-0.25, -0.2) is 0 Å². The fourth-order valence-corrected chi connectivity index (χ4v) is 10.4. The fourth-order valence-electron chi connectivity index (χ4n) is 9.70. The molecule has 0 radical (unpaired) electrons. The Balaban J connectivity index is 4.25. The summed E-state index contributed by atoms with van der Waals surface area (Å²) in [6.07, 6.45) is 105. The minimum atomic E-state index is -4.64. The number of phosphoric ester groups is 1. The number of likely N-dealkylation sites (N-methyl/N-ethyl adjacent to an activating group) is 1. The maximum absolute atomic E-state index is 13.0. The second-order valence-electron chi connectivity index (χ2n) is 24.8. The van der Waals surface area contributed by atoms with E-state index in [1.54, 1.807) is 6.08 Å². The Hall–Kier alpha value is -3.88. The van der Waals surface area contributed by atoms with Crippen molar-refractivity contribution in [1.29, 1.82) is 0 Å². The van der Waals surface area contributed by atoms with Crippen LogP contribution in [0.5, 0.6) is 0 Å². The molecule has 0 aromatic rings. The summed E-state index contributed by atoms with van der Waals surface area (Å²) in [5.41, 5.74) is 0. The summed E-state index contributed by atoms with van der Waals surface area (Å²) in [6.45, 7) is 4.50. The van der Waals surface area contributed by atoms with Gasteiger partial charge in [0.25, 0.3) is 7.82 Å². The molecule has 0 heterocycles. The Labute approximate surface area is 543 Å². The van der Waals surface area contributed by atoms with Crippen LogP contribution in [0.1, 0.15) is 284 Å². The highest BCUT2D eigenvalue weighted by molar-refractivity contribution is 7.45. The number of hydrogen-bond acceptors (Lipinski definition) is 6. The molecule has 502 valence electrons. The van der Waals surface area contributed by atoms with Crippen LogP contribution in [-0.2, 0) is 18.4 Å². The molecule has 1 amide bonds. The Kier molecular flexibility index (Phi) is 64.5. The second-order valence-corrected chi connectivity index (χ2v) is 26.3. The average molecular weight is 1240 g/mol. The van der Waals surface area contributed by atoms with Gasteiger partial charge in [0, 0.05) is 6.42 Å². The fraction of sp³-hybridized carbons (Fsp3) is 0.658. The largest absolute Gasteiger partial charge is 0.756 e. The average Bonchev–Trinajstić information content (AvgIpc) is 3.70. The highest BCUT2D eigenvalue weighted by Crippen LogP contribution is 2.38. The first kappa shape index (κ1) is 84.1. The molecular formula is C79H135N2O6P. The summed E-state index contributed by atoms with van der Waals surface area (Å²) in [5, 5.41) is 13.9. The van der Waals surface area contributed by atoms with Crippen molar-refractivity contribution < 1.29 is 32.9 Å². The van der Waals surface area contributed by atoms with Crippen molar-refractivity contribution in [3.63, 3.8) is 0 Å². The van der Waals surface area contributed by atoms with Gasteiger partial charge in [-0.2, -0.15) is 0 Å². The Morgan fingerprint density at radius 1 is 0.409 bits per heavy atom. The van der Waals surface area contributed by atoms with E-state index < -0.39 is 26.6 Å². The van der Waals surface area contributed by atoms with E-state index in [1.165, 1.54) is 148 Å². The summed E-state index contributed by atoms with van der Waals surface area (Å²) < 4.78 is 23.4. The first-order valence-electron chi connectivity index (χ1n) is 35.8. The molecule has 0 bridgehead atoms. The molecule has 0 saturated carbocycles. The quantitative estimate of drug-likeness (QED) is 0.0272. The second kappa shape index (κ2) is 67.5. The number of unbranched alkanes of at least 4 members (excludes halogenated alkanes) is 27. The number of phosphoric acid groups is 1. The van der Waals surface area contributed by atoms with Crippen molar-refractivity contribution in [3.8, 4) is 0 Å². The van der Waals surface area contributed by atoms with E-state index in [4.69, 9.17) is 9.05 Å². The molecule has 0 rings (SSSR count). The van der Waals surface area contributed by atoms with Crippen molar-refractivity contribution in [2.24, 2.45) is 0 Å². The summed E-state index contributed by atoms with van der Waals surface area (Å²) >= 11 is 0. The normalized spacial score (nSPS) is 14.6. The number of rotatable bonds is 64. The lowest BCUT2D eigenvalue weighted by Crippen LogP contribution is -2.45. The molecule has 88 heavy (non-hydrogen) atoms. The monoisotopic (exact) mass is 1240 g/mol. The van der Waals surface area contributed by atoms with Gasteiger partial charge in [0.1, 0.15) is 13.2 Å². The standard InChI is InChI=1S/C79H135N2O6P/c1-6-8-10-12-14-16-18-20-22-24-26-28-30-32-34-36-37-38-39-40-41-42-43-45-47-49-51-53-55-57-59-61-63-65-67-69-71-73-79(83)80-77(76-87-88(84,85)86-75-74-81(3,4)5)78(82)72-70-68-66-64-62-60-58-56-54-52-50-48-46-44-35-33-31-29-27-25-23-21-19-17-15-13-11-9-7-2/h8,10,14,16,20,22,26,28,32,34,37-38,40-41,43,45,49,51,55,57,61-64,70,72,77-78,82H,6-7,9,11-13,15,17-19,21,23-25,27,29-31,33,35-36,39,42,44,46-48,50,52-54,56,58-60,65-69,71,73-76H2,1-5H3,(H-,80,83,84,85)/b10-8-,16-14-,22-20-,28-26-,34-32-,38-37-,41-40-,45-43-,51-49-,57-55-,63-61-,64-62+,72-70+. The number of nitrogens with one attached hydrogen (secondary N) is 1. The zero-order chi connectivity index (χ0) is 64.1. The van der Waals surface area contributed by atoms with Crippen LogP contribution < -0.4 is 10.2 Å². The molecule has 2 N–H and O–H groups in total. The number of allylic oxidation sites excluding steroid dienone is 25. The number of amides is 1. The van der Waals surface area contributed by atoms with Crippen LogP contribution >= 0.6 is 7.82 Å². The lowest BCUT2D eigenvalue weighted by molar-refractivity contribution is -0.870. The van der Waals surface area contributed by atoms with Gasteiger partial charge in [0.2, 0.25) is 5.91 Å². The van der Waals surface area contributed by atoms with Crippen molar-refractivity contribution >= 4 is 13.7 Å². The molecule has 0 saturated heterocycles. The SMILES string of the molecule is CC/C=C\C/C=C\C/C=C\C/C=C\C/C=C\C/C=C\C/C=C\C/C=C\C/C=C\C/C=C\C/C=C\CCCCCC(=O)NC(COP(=O)([O-])OCC[N+](C)(C)C)C(O)/C=C/CC/C=C/CCCCCCCCCCCCCCCCCCCCCCCCC. The van der Waals surface area contributed by atoms with Gasteiger partial charge in [0.15, 0.2) is 0 Å². The van der Waals surface area contributed by atoms with Crippen molar-refractivity contribution in [2.75, 3.05) is 40.9 Å². The maximum atomic E-state index is 13.0. The summed E-state index contributed by atoms with van der Waals surface area (Å²) in [4.78, 5) is 25.6. The predicted molar refractivity (Wildman–Crippen MR) is 384 cm³/mol. The smallest absolute Gasteiger partial charge is 0.268 e. The van der Waals surface area contributed by atoms with Gasteiger partial charge in [-0.15, -0.1) is 0 Å². The number of quaternary nitrogens is 1. The van der Waals surface area contributed by atoms with E-state index in [0.717, 1.165) is 109 Å². The number of nitrogens with zero attached hydrogens (tertiary/aromatic N) is 1.